The Balaban J connectivity index is 1.83. The maximum Gasteiger partial charge on any atom is 0.225 e. The first kappa shape index (κ1) is 15.0. The molecule has 0 saturated heterocycles. The summed E-state index contributed by atoms with van der Waals surface area (Å²) in [4.78, 5) is 18.1. The Labute approximate surface area is 131 Å². The summed E-state index contributed by atoms with van der Waals surface area (Å²) in [6.45, 7) is 10.5. The van der Waals surface area contributed by atoms with Crippen LogP contribution >= 0.6 is 0 Å². The number of imidazole rings is 1. The van der Waals surface area contributed by atoms with E-state index in [-0.39, 0.29) is 0 Å². The van der Waals surface area contributed by atoms with Crippen LogP contribution in [0, 0.1) is 5.92 Å². The highest BCUT2D eigenvalue weighted by atomic mass is 15.3. The predicted molar refractivity (Wildman–Crippen MR) is 86.6 cm³/mol. The van der Waals surface area contributed by atoms with Gasteiger partial charge in [0.1, 0.15) is 5.82 Å². The molecule has 0 aromatic carbocycles. The van der Waals surface area contributed by atoms with Gasteiger partial charge < -0.3 is 14.4 Å². The lowest BCUT2D eigenvalue weighted by Crippen LogP contribution is -2.37. The molecular formula is C16H24N6. The molecule has 0 saturated carbocycles. The zero-order valence-corrected chi connectivity index (χ0v) is 13.4. The van der Waals surface area contributed by atoms with E-state index in [0.717, 1.165) is 51.0 Å². The Morgan fingerprint density at radius 2 is 1.86 bits per heavy atom. The SMILES string of the molecule is CCN(CC)C[C@@H]1CN(c2ncccn2)Cc2nccn2C1. The smallest absolute Gasteiger partial charge is 0.225 e. The Hall–Kier alpha value is -1.95. The molecule has 22 heavy (non-hydrogen) atoms. The fourth-order valence-electron chi connectivity index (χ4n) is 3.11. The molecule has 1 atom stereocenters. The Morgan fingerprint density at radius 3 is 2.59 bits per heavy atom. The van der Waals surface area contributed by atoms with Crippen molar-refractivity contribution in [1.29, 1.82) is 0 Å². The van der Waals surface area contributed by atoms with Crippen molar-refractivity contribution >= 4 is 5.95 Å². The van der Waals surface area contributed by atoms with E-state index in [1.165, 1.54) is 0 Å². The van der Waals surface area contributed by atoms with Crippen LogP contribution in [-0.2, 0) is 13.1 Å². The van der Waals surface area contributed by atoms with E-state index < -0.39 is 0 Å². The second kappa shape index (κ2) is 6.87. The lowest BCUT2D eigenvalue weighted by molar-refractivity contribution is 0.241. The molecule has 0 unspecified atom stereocenters. The molecular weight excluding hydrogens is 276 g/mol. The monoisotopic (exact) mass is 300 g/mol. The highest BCUT2D eigenvalue weighted by Crippen LogP contribution is 2.19. The maximum atomic E-state index is 4.50. The van der Waals surface area contributed by atoms with Gasteiger partial charge in [-0.15, -0.1) is 0 Å². The molecule has 3 heterocycles. The molecule has 2 aromatic rings. The number of aromatic nitrogens is 4. The highest BCUT2D eigenvalue weighted by Gasteiger charge is 2.24. The zero-order chi connectivity index (χ0) is 15.4. The lowest BCUT2D eigenvalue weighted by atomic mass is 10.1. The van der Waals surface area contributed by atoms with Gasteiger partial charge in [-0.2, -0.15) is 0 Å². The van der Waals surface area contributed by atoms with Gasteiger partial charge in [0.05, 0.1) is 6.54 Å². The highest BCUT2D eigenvalue weighted by molar-refractivity contribution is 5.29. The van der Waals surface area contributed by atoms with Gasteiger partial charge in [0, 0.05) is 50.3 Å². The van der Waals surface area contributed by atoms with Crippen molar-refractivity contribution < 1.29 is 0 Å². The topological polar surface area (TPSA) is 50.1 Å². The zero-order valence-electron chi connectivity index (χ0n) is 13.4. The van der Waals surface area contributed by atoms with E-state index in [0.29, 0.717) is 5.92 Å². The average molecular weight is 300 g/mol. The second-order valence-electron chi connectivity index (χ2n) is 5.78. The Morgan fingerprint density at radius 1 is 1.09 bits per heavy atom. The van der Waals surface area contributed by atoms with Crippen LogP contribution < -0.4 is 4.90 Å². The van der Waals surface area contributed by atoms with E-state index >= 15 is 0 Å². The molecule has 0 spiro atoms. The van der Waals surface area contributed by atoms with E-state index in [2.05, 4.69) is 49.4 Å². The molecule has 118 valence electrons. The number of hydrogen-bond acceptors (Lipinski definition) is 5. The van der Waals surface area contributed by atoms with Gasteiger partial charge in [-0.05, 0) is 19.2 Å². The third-order valence-corrected chi connectivity index (χ3v) is 4.31. The van der Waals surface area contributed by atoms with Crippen LogP contribution in [0.1, 0.15) is 19.7 Å². The van der Waals surface area contributed by atoms with Crippen molar-refractivity contribution in [2.75, 3.05) is 31.1 Å². The van der Waals surface area contributed by atoms with Crippen LogP contribution in [0.5, 0.6) is 0 Å². The molecule has 2 aromatic heterocycles. The van der Waals surface area contributed by atoms with Crippen LogP contribution in [0.25, 0.3) is 0 Å². The molecule has 0 radical (unpaired) electrons. The van der Waals surface area contributed by atoms with Gasteiger partial charge in [-0.1, -0.05) is 13.8 Å². The summed E-state index contributed by atoms with van der Waals surface area (Å²) >= 11 is 0. The van der Waals surface area contributed by atoms with Gasteiger partial charge in [0.2, 0.25) is 5.95 Å². The summed E-state index contributed by atoms with van der Waals surface area (Å²) in [5.41, 5.74) is 0. The van der Waals surface area contributed by atoms with E-state index in [1.54, 1.807) is 12.4 Å². The van der Waals surface area contributed by atoms with Gasteiger partial charge in [-0.3, -0.25) is 0 Å². The first-order valence-electron chi connectivity index (χ1n) is 8.04. The second-order valence-corrected chi connectivity index (χ2v) is 5.78. The number of anilines is 1. The van der Waals surface area contributed by atoms with Crippen LogP contribution in [-0.4, -0.2) is 50.6 Å². The number of nitrogens with zero attached hydrogens (tertiary/aromatic N) is 6. The average Bonchev–Trinajstić information content (AvgIpc) is 2.92. The van der Waals surface area contributed by atoms with Crippen molar-refractivity contribution in [2.45, 2.75) is 26.9 Å². The normalized spacial score (nSPS) is 18.3. The van der Waals surface area contributed by atoms with E-state index in [9.17, 15) is 0 Å². The van der Waals surface area contributed by atoms with Gasteiger partial charge in [0.15, 0.2) is 0 Å². The molecule has 3 rings (SSSR count). The summed E-state index contributed by atoms with van der Waals surface area (Å²) in [6, 6.07) is 1.86. The largest absolute Gasteiger partial charge is 0.333 e. The number of rotatable bonds is 5. The van der Waals surface area contributed by atoms with Crippen molar-refractivity contribution in [3.8, 4) is 0 Å². The van der Waals surface area contributed by atoms with Crippen LogP contribution in [0.4, 0.5) is 5.95 Å². The third kappa shape index (κ3) is 3.27. The first-order valence-corrected chi connectivity index (χ1v) is 8.04. The van der Waals surface area contributed by atoms with Crippen molar-refractivity contribution in [1.82, 2.24) is 24.4 Å². The van der Waals surface area contributed by atoms with Crippen LogP contribution in [0.3, 0.4) is 0 Å². The summed E-state index contributed by atoms with van der Waals surface area (Å²) in [6.07, 6.45) is 7.58. The van der Waals surface area contributed by atoms with Gasteiger partial charge >= 0.3 is 0 Å². The quantitative estimate of drug-likeness (QED) is 0.840. The summed E-state index contributed by atoms with van der Waals surface area (Å²) in [5, 5.41) is 0. The van der Waals surface area contributed by atoms with Crippen molar-refractivity contribution in [3.63, 3.8) is 0 Å². The molecule has 1 aliphatic heterocycles. The van der Waals surface area contributed by atoms with E-state index in [1.807, 2.05) is 12.3 Å². The number of fused-ring (bicyclic) bond motifs is 1. The van der Waals surface area contributed by atoms with Gasteiger partial charge in [-0.25, -0.2) is 15.0 Å². The first-order chi connectivity index (χ1) is 10.8. The molecule has 0 N–H and O–H groups in total. The molecule has 0 fully saturated rings. The third-order valence-electron chi connectivity index (χ3n) is 4.31. The molecule has 0 amide bonds. The minimum atomic E-state index is 0.541. The fraction of sp³-hybridized carbons (Fsp3) is 0.562. The maximum absolute atomic E-state index is 4.50. The summed E-state index contributed by atoms with van der Waals surface area (Å²) in [7, 11) is 0. The molecule has 1 aliphatic rings. The van der Waals surface area contributed by atoms with E-state index in [4.69, 9.17) is 0 Å². The molecule has 6 heteroatoms. The summed E-state index contributed by atoms with van der Waals surface area (Å²) < 4.78 is 2.27. The minimum Gasteiger partial charge on any atom is -0.333 e. The number of hydrogen-bond donors (Lipinski definition) is 0. The standard InChI is InChI=1S/C16H24N6/c1-3-20(4-2)10-14-11-21-9-8-17-15(21)13-22(12-14)16-18-6-5-7-19-16/h5-9,14H,3-4,10-13H2,1-2H3/t14-/m0/s1. The Kier molecular flexibility index (Phi) is 4.68. The van der Waals surface area contributed by atoms with Crippen LogP contribution in [0.15, 0.2) is 30.9 Å². The molecule has 0 bridgehead atoms. The summed E-state index contributed by atoms with van der Waals surface area (Å²) in [5.74, 6) is 2.43. The van der Waals surface area contributed by atoms with Gasteiger partial charge in [0.25, 0.3) is 0 Å². The van der Waals surface area contributed by atoms with Crippen molar-refractivity contribution in [2.24, 2.45) is 5.92 Å². The van der Waals surface area contributed by atoms with Crippen LogP contribution in [0.2, 0.25) is 0 Å². The minimum absolute atomic E-state index is 0.541. The Bertz CT molecular complexity index is 577. The molecule has 0 aliphatic carbocycles. The predicted octanol–water partition coefficient (Wildman–Crippen LogP) is 1.65. The fourth-order valence-corrected chi connectivity index (χ4v) is 3.11. The lowest BCUT2D eigenvalue weighted by Gasteiger charge is -2.28. The van der Waals surface area contributed by atoms with Crippen molar-refractivity contribution in [3.05, 3.63) is 36.7 Å². The molecule has 6 nitrogen and oxygen atoms in total.